The molecule has 2 N–H and O–H groups in total. The standard InChI is InChI=1S/C10H10N2O4S/c1-12-9(13)4-6-2-3-7(17(11,15)16)5-8(6)10(12)14/h2-3,5H,4H2,1H3,(H2,11,15,16). The van der Waals surface area contributed by atoms with Crippen LogP contribution in [0.15, 0.2) is 23.1 Å². The van der Waals surface area contributed by atoms with Crippen LogP contribution in [-0.2, 0) is 21.2 Å². The van der Waals surface area contributed by atoms with Gasteiger partial charge in [-0.3, -0.25) is 14.5 Å². The smallest absolute Gasteiger partial charge is 0.260 e. The molecule has 0 saturated heterocycles. The van der Waals surface area contributed by atoms with Crippen molar-refractivity contribution in [2.45, 2.75) is 11.3 Å². The van der Waals surface area contributed by atoms with E-state index in [2.05, 4.69) is 0 Å². The molecule has 1 aromatic carbocycles. The molecule has 0 aliphatic carbocycles. The normalized spacial score (nSPS) is 16.0. The molecule has 0 unspecified atom stereocenters. The number of amides is 2. The molecule has 0 spiro atoms. The lowest BCUT2D eigenvalue weighted by Gasteiger charge is -2.23. The van der Waals surface area contributed by atoms with Gasteiger partial charge in [0.25, 0.3) is 5.91 Å². The predicted molar refractivity (Wildman–Crippen MR) is 58.6 cm³/mol. The van der Waals surface area contributed by atoms with Crippen molar-refractivity contribution >= 4 is 21.8 Å². The van der Waals surface area contributed by atoms with Crippen LogP contribution in [0.5, 0.6) is 0 Å². The van der Waals surface area contributed by atoms with E-state index >= 15 is 0 Å². The van der Waals surface area contributed by atoms with E-state index in [1.807, 2.05) is 0 Å². The van der Waals surface area contributed by atoms with Crippen molar-refractivity contribution in [3.63, 3.8) is 0 Å². The van der Waals surface area contributed by atoms with E-state index in [0.717, 1.165) is 4.90 Å². The van der Waals surface area contributed by atoms with Gasteiger partial charge in [0, 0.05) is 12.6 Å². The van der Waals surface area contributed by atoms with E-state index in [9.17, 15) is 18.0 Å². The molecular weight excluding hydrogens is 244 g/mol. The topological polar surface area (TPSA) is 97.5 Å². The molecule has 0 aromatic heterocycles. The zero-order chi connectivity index (χ0) is 12.8. The maximum absolute atomic E-state index is 11.8. The minimum atomic E-state index is -3.85. The van der Waals surface area contributed by atoms with Crippen molar-refractivity contribution in [2.75, 3.05) is 7.05 Å². The minimum Gasteiger partial charge on any atom is -0.281 e. The van der Waals surface area contributed by atoms with E-state index in [1.165, 1.54) is 25.2 Å². The molecule has 90 valence electrons. The van der Waals surface area contributed by atoms with Gasteiger partial charge in [-0.2, -0.15) is 0 Å². The van der Waals surface area contributed by atoms with Crippen LogP contribution < -0.4 is 5.14 Å². The fourth-order valence-corrected chi connectivity index (χ4v) is 2.20. The number of fused-ring (bicyclic) bond motifs is 1. The number of hydrogen-bond donors (Lipinski definition) is 1. The summed E-state index contributed by atoms with van der Waals surface area (Å²) in [5.41, 5.74) is 0.726. The van der Waals surface area contributed by atoms with Crippen LogP contribution in [0.25, 0.3) is 0 Å². The molecular formula is C10H10N2O4S. The monoisotopic (exact) mass is 254 g/mol. The predicted octanol–water partition coefficient (Wildman–Crippen LogP) is -0.511. The van der Waals surface area contributed by atoms with Gasteiger partial charge in [-0.15, -0.1) is 0 Å². The second-order valence-corrected chi connectivity index (χ2v) is 5.36. The summed E-state index contributed by atoms with van der Waals surface area (Å²) in [6, 6.07) is 3.94. The lowest BCUT2D eigenvalue weighted by Crippen LogP contribution is -2.39. The van der Waals surface area contributed by atoms with Crippen LogP contribution in [0.4, 0.5) is 0 Å². The quantitative estimate of drug-likeness (QED) is 0.682. The number of rotatable bonds is 1. The summed E-state index contributed by atoms with van der Waals surface area (Å²) in [6.45, 7) is 0. The Kier molecular flexibility index (Phi) is 2.52. The van der Waals surface area contributed by atoms with Gasteiger partial charge in [0.05, 0.1) is 11.3 Å². The third kappa shape index (κ3) is 1.94. The van der Waals surface area contributed by atoms with Gasteiger partial charge in [-0.05, 0) is 17.7 Å². The molecule has 2 amide bonds. The molecule has 1 aromatic rings. The number of sulfonamides is 1. The van der Waals surface area contributed by atoms with Crippen molar-refractivity contribution in [3.05, 3.63) is 29.3 Å². The van der Waals surface area contributed by atoms with Gasteiger partial charge >= 0.3 is 0 Å². The molecule has 6 nitrogen and oxygen atoms in total. The highest BCUT2D eigenvalue weighted by atomic mass is 32.2. The Hall–Kier alpha value is -1.73. The molecule has 0 fully saturated rings. The van der Waals surface area contributed by atoms with Gasteiger partial charge in [0.2, 0.25) is 15.9 Å². The van der Waals surface area contributed by atoms with E-state index in [4.69, 9.17) is 5.14 Å². The summed E-state index contributed by atoms with van der Waals surface area (Å²) < 4.78 is 22.3. The summed E-state index contributed by atoms with van der Waals surface area (Å²) >= 11 is 0. The first kappa shape index (κ1) is 11.7. The average Bonchev–Trinajstić information content (AvgIpc) is 2.24. The summed E-state index contributed by atoms with van der Waals surface area (Å²) in [7, 11) is -2.49. The second-order valence-electron chi connectivity index (χ2n) is 3.80. The van der Waals surface area contributed by atoms with E-state index in [-0.39, 0.29) is 22.8 Å². The van der Waals surface area contributed by atoms with Gasteiger partial charge in [0.1, 0.15) is 0 Å². The molecule has 1 aliphatic heterocycles. The maximum atomic E-state index is 11.8. The second kappa shape index (κ2) is 3.64. The van der Waals surface area contributed by atoms with Crippen molar-refractivity contribution in [1.29, 1.82) is 0 Å². The van der Waals surface area contributed by atoms with Crippen LogP contribution >= 0.6 is 0 Å². The van der Waals surface area contributed by atoms with Gasteiger partial charge in [-0.1, -0.05) is 6.07 Å². The number of imide groups is 1. The van der Waals surface area contributed by atoms with Gasteiger partial charge < -0.3 is 0 Å². The molecule has 0 atom stereocenters. The Morgan fingerprint density at radius 1 is 1.29 bits per heavy atom. The highest BCUT2D eigenvalue weighted by molar-refractivity contribution is 7.89. The van der Waals surface area contributed by atoms with Crippen LogP contribution in [0.3, 0.4) is 0 Å². The lowest BCUT2D eigenvalue weighted by atomic mass is 9.99. The van der Waals surface area contributed by atoms with Crippen molar-refractivity contribution < 1.29 is 18.0 Å². The number of nitrogens with zero attached hydrogens (tertiary/aromatic N) is 1. The van der Waals surface area contributed by atoms with Crippen LogP contribution in [0.1, 0.15) is 15.9 Å². The van der Waals surface area contributed by atoms with Gasteiger partial charge in [0.15, 0.2) is 0 Å². The summed E-state index contributed by atoms with van der Waals surface area (Å²) in [5.74, 6) is -0.826. The molecule has 0 bridgehead atoms. The molecule has 2 rings (SSSR count). The molecule has 1 heterocycles. The van der Waals surface area contributed by atoms with Crippen LogP contribution in [0, 0.1) is 0 Å². The first-order chi connectivity index (χ1) is 7.80. The number of carbonyl (C=O) groups excluding carboxylic acids is 2. The highest BCUT2D eigenvalue weighted by Gasteiger charge is 2.28. The molecule has 0 radical (unpaired) electrons. The number of benzene rings is 1. The molecule has 0 saturated carbocycles. The maximum Gasteiger partial charge on any atom is 0.260 e. The zero-order valence-electron chi connectivity index (χ0n) is 9.00. The fraction of sp³-hybridized carbons (Fsp3) is 0.200. The van der Waals surface area contributed by atoms with Crippen LogP contribution in [-0.4, -0.2) is 32.2 Å². The molecule has 7 heteroatoms. The third-order valence-electron chi connectivity index (χ3n) is 2.66. The zero-order valence-corrected chi connectivity index (χ0v) is 9.82. The Bertz CT molecular complexity index is 621. The average molecular weight is 254 g/mol. The van der Waals surface area contributed by atoms with Crippen LogP contribution in [0.2, 0.25) is 0 Å². The number of hydrogen-bond acceptors (Lipinski definition) is 4. The number of primary sulfonamides is 1. The van der Waals surface area contributed by atoms with E-state index < -0.39 is 15.9 Å². The van der Waals surface area contributed by atoms with Crippen molar-refractivity contribution in [3.8, 4) is 0 Å². The Balaban J connectivity index is 2.61. The molecule has 1 aliphatic rings. The first-order valence-electron chi connectivity index (χ1n) is 4.77. The van der Waals surface area contributed by atoms with E-state index in [1.54, 1.807) is 0 Å². The lowest BCUT2D eigenvalue weighted by molar-refractivity contribution is -0.127. The number of nitrogens with two attached hydrogens (primary N) is 1. The first-order valence-corrected chi connectivity index (χ1v) is 6.32. The summed E-state index contributed by atoms with van der Waals surface area (Å²) in [6.07, 6.45) is 0.0858. The highest BCUT2D eigenvalue weighted by Crippen LogP contribution is 2.21. The third-order valence-corrected chi connectivity index (χ3v) is 3.57. The minimum absolute atomic E-state index is 0.0858. The Morgan fingerprint density at radius 3 is 2.53 bits per heavy atom. The van der Waals surface area contributed by atoms with E-state index in [0.29, 0.717) is 5.56 Å². The number of likely N-dealkylation sites (N-methyl/N-ethyl adjacent to an activating group) is 1. The van der Waals surface area contributed by atoms with Gasteiger partial charge in [-0.25, -0.2) is 13.6 Å². The SMILES string of the molecule is CN1C(=O)Cc2ccc(S(N)(=O)=O)cc2C1=O. The van der Waals surface area contributed by atoms with Crippen molar-refractivity contribution in [1.82, 2.24) is 4.90 Å². The Labute approximate surface area is 98.1 Å². The molecule has 17 heavy (non-hydrogen) atoms. The summed E-state index contributed by atoms with van der Waals surface area (Å²) in [4.78, 5) is 24.0. The Morgan fingerprint density at radius 2 is 1.94 bits per heavy atom. The number of carbonyl (C=O) groups is 2. The largest absolute Gasteiger partial charge is 0.281 e. The van der Waals surface area contributed by atoms with Crippen molar-refractivity contribution in [2.24, 2.45) is 5.14 Å². The summed E-state index contributed by atoms with van der Waals surface area (Å²) in [5, 5.41) is 4.98. The fourth-order valence-electron chi connectivity index (χ4n) is 1.66.